The van der Waals surface area contributed by atoms with E-state index in [4.69, 9.17) is 18.9 Å². The smallest absolute Gasteiger partial charge is 0.266 e. The average Bonchev–Trinajstić information content (AvgIpc) is 2.87. The highest BCUT2D eigenvalue weighted by molar-refractivity contribution is 6.09. The maximum absolute atomic E-state index is 12.5. The third kappa shape index (κ3) is 6.30. The third-order valence-corrected chi connectivity index (χ3v) is 4.85. The number of benzene rings is 3. The lowest BCUT2D eigenvalue weighted by Gasteiger charge is -2.15. The van der Waals surface area contributed by atoms with E-state index in [0.717, 1.165) is 5.56 Å². The first-order valence-corrected chi connectivity index (χ1v) is 10.7. The maximum atomic E-state index is 12.5. The molecule has 0 aliphatic carbocycles. The number of nitrogens with one attached hydrogen (secondary N) is 1. The van der Waals surface area contributed by atoms with E-state index in [1.54, 1.807) is 56.7 Å². The third-order valence-electron chi connectivity index (χ3n) is 4.85. The van der Waals surface area contributed by atoms with Gasteiger partial charge in [-0.2, -0.15) is 5.26 Å². The van der Waals surface area contributed by atoms with Gasteiger partial charge in [0.1, 0.15) is 29.7 Å². The van der Waals surface area contributed by atoms with Crippen LogP contribution in [0.4, 0.5) is 5.69 Å². The normalized spacial score (nSPS) is 10.7. The van der Waals surface area contributed by atoms with Gasteiger partial charge in [-0.15, -0.1) is 0 Å². The number of methoxy groups -OCH3 is 2. The number of ether oxygens (including phenoxy) is 4. The van der Waals surface area contributed by atoms with E-state index in [2.05, 4.69) is 5.32 Å². The van der Waals surface area contributed by atoms with Crippen LogP contribution in [0, 0.1) is 11.3 Å². The zero-order chi connectivity index (χ0) is 24.3. The Bertz CT molecular complexity index is 1200. The summed E-state index contributed by atoms with van der Waals surface area (Å²) in [5.74, 6) is 1.91. The number of hydrogen-bond donors (Lipinski definition) is 1. The molecule has 0 aliphatic rings. The predicted octanol–water partition coefficient (Wildman–Crippen LogP) is 5.23. The molecule has 1 N–H and O–H groups in total. The fourth-order valence-electron chi connectivity index (χ4n) is 3.19. The Kier molecular flexibility index (Phi) is 8.53. The van der Waals surface area contributed by atoms with E-state index in [1.165, 1.54) is 6.08 Å². The van der Waals surface area contributed by atoms with Crippen molar-refractivity contribution in [1.29, 1.82) is 5.26 Å². The monoisotopic (exact) mass is 458 g/mol. The molecule has 0 aliphatic heterocycles. The highest BCUT2D eigenvalue weighted by Crippen LogP contribution is 2.32. The molecule has 0 saturated heterocycles. The minimum Gasteiger partial charge on any atom is -0.497 e. The SMILES string of the molecule is CCOc1cc(/C=C(\C#N)C(=O)Nc2ccccc2)ccc1OCc1cc(OC)ccc1OC. The van der Waals surface area contributed by atoms with Gasteiger partial charge in [0.2, 0.25) is 0 Å². The molecule has 0 saturated carbocycles. The van der Waals surface area contributed by atoms with Crippen molar-refractivity contribution in [3.63, 3.8) is 0 Å². The van der Waals surface area contributed by atoms with Gasteiger partial charge in [0, 0.05) is 11.3 Å². The van der Waals surface area contributed by atoms with Crippen LogP contribution in [0.5, 0.6) is 23.0 Å². The van der Waals surface area contributed by atoms with Gasteiger partial charge in [0.25, 0.3) is 5.91 Å². The van der Waals surface area contributed by atoms with Crippen LogP contribution >= 0.6 is 0 Å². The molecular weight excluding hydrogens is 432 g/mol. The molecule has 0 heterocycles. The van der Waals surface area contributed by atoms with Crippen LogP contribution in [0.2, 0.25) is 0 Å². The van der Waals surface area contributed by atoms with Crippen molar-refractivity contribution in [2.45, 2.75) is 13.5 Å². The molecule has 0 spiro atoms. The molecule has 0 atom stereocenters. The van der Waals surface area contributed by atoms with Gasteiger partial charge in [-0.3, -0.25) is 4.79 Å². The summed E-state index contributed by atoms with van der Waals surface area (Å²) >= 11 is 0. The number of hydrogen-bond acceptors (Lipinski definition) is 6. The van der Waals surface area contributed by atoms with Crippen LogP contribution in [-0.2, 0) is 11.4 Å². The van der Waals surface area contributed by atoms with Gasteiger partial charge in [-0.25, -0.2) is 0 Å². The predicted molar refractivity (Wildman–Crippen MR) is 130 cm³/mol. The highest BCUT2D eigenvalue weighted by atomic mass is 16.5. The number of carbonyl (C=O) groups is 1. The fraction of sp³-hybridized carbons (Fsp3) is 0.185. The molecule has 3 aromatic carbocycles. The first-order valence-electron chi connectivity index (χ1n) is 10.7. The topological polar surface area (TPSA) is 89.8 Å². The molecule has 7 heteroatoms. The summed E-state index contributed by atoms with van der Waals surface area (Å²) in [4.78, 5) is 12.5. The second-order valence-corrected chi connectivity index (χ2v) is 7.10. The molecule has 0 fully saturated rings. The summed E-state index contributed by atoms with van der Waals surface area (Å²) in [5.41, 5.74) is 2.04. The van der Waals surface area contributed by atoms with Crippen LogP contribution in [0.1, 0.15) is 18.1 Å². The minimum absolute atomic E-state index is 0.0268. The molecule has 0 unspecified atom stereocenters. The molecule has 174 valence electrons. The van der Waals surface area contributed by atoms with Gasteiger partial charge in [-0.1, -0.05) is 24.3 Å². The molecule has 0 aromatic heterocycles. The summed E-state index contributed by atoms with van der Waals surface area (Å²) in [7, 11) is 3.19. The summed E-state index contributed by atoms with van der Waals surface area (Å²) in [6, 6.07) is 21.6. The Morgan fingerprint density at radius 2 is 1.71 bits per heavy atom. The van der Waals surface area contributed by atoms with Gasteiger partial charge in [0.15, 0.2) is 11.5 Å². The molecule has 0 radical (unpaired) electrons. The van der Waals surface area contributed by atoms with Crippen molar-refractivity contribution in [3.8, 4) is 29.1 Å². The van der Waals surface area contributed by atoms with Crippen LogP contribution in [0.15, 0.2) is 72.3 Å². The molecular formula is C27H26N2O5. The van der Waals surface area contributed by atoms with Gasteiger partial charge < -0.3 is 24.3 Å². The van der Waals surface area contributed by atoms with Crippen molar-refractivity contribution < 1.29 is 23.7 Å². The van der Waals surface area contributed by atoms with Crippen LogP contribution in [-0.4, -0.2) is 26.7 Å². The number of amides is 1. The minimum atomic E-state index is -0.489. The Hall–Kier alpha value is -4.44. The number of rotatable bonds is 10. The van der Waals surface area contributed by atoms with E-state index in [1.807, 2.05) is 37.3 Å². The van der Waals surface area contributed by atoms with Crippen molar-refractivity contribution in [2.24, 2.45) is 0 Å². The molecule has 7 nitrogen and oxygen atoms in total. The lowest BCUT2D eigenvalue weighted by Crippen LogP contribution is -2.13. The fourth-order valence-corrected chi connectivity index (χ4v) is 3.19. The van der Waals surface area contributed by atoms with E-state index in [9.17, 15) is 10.1 Å². The Morgan fingerprint density at radius 1 is 0.941 bits per heavy atom. The van der Waals surface area contributed by atoms with E-state index >= 15 is 0 Å². The quantitative estimate of drug-likeness (QED) is 0.331. The molecule has 0 bridgehead atoms. The zero-order valence-electron chi connectivity index (χ0n) is 19.3. The van der Waals surface area contributed by atoms with Crippen molar-refractivity contribution >= 4 is 17.7 Å². The zero-order valence-corrected chi connectivity index (χ0v) is 19.3. The number of anilines is 1. The second kappa shape index (κ2) is 12.0. The molecule has 3 aromatic rings. The average molecular weight is 459 g/mol. The van der Waals surface area contributed by atoms with Crippen LogP contribution < -0.4 is 24.3 Å². The van der Waals surface area contributed by atoms with Crippen molar-refractivity contribution in [3.05, 3.63) is 83.4 Å². The van der Waals surface area contributed by atoms with Crippen molar-refractivity contribution in [1.82, 2.24) is 0 Å². The van der Waals surface area contributed by atoms with E-state index in [0.29, 0.717) is 40.9 Å². The largest absolute Gasteiger partial charge is 0.497 e. The second-order valence-electron chi connectivity index (χ2n) is 7.10. The first-order chi connectivity index (χ1) is 16.6. The summed E-state index contributed by atoms with van der Waals surface area (Å²) in [5, 5.41) is 12.2. The maximum Gasteiger partial charge on any atom is 0.266 e. The van der Waals surface area contributed by atoms with Crippen LogP contribution in [0.3, 0.4) is 0 Å². The highest BCUT2D eigenvalue weighted by Gasteiger charge is 2.13. The molecule has 1 amide bonds. The first kappa shape index (κ1) is 24.2. The van der Waals surface area contributed by atoms with Gasteiger partial charge in [0.05, 0.1) is 20.8 Å². The number of nitriles is 1. The molecule has 3 rings (SSSR count). The Labute approximate surface area is 199 Å². The van der Waals surface area contributed by atoms with E-state index < -0.39 is 5.91 Å². The van der Waals surface area contributed by atoms with Gasteiger partial charge >= 0.3 is 0 Å². The number of carbonyl (C=O) groups excluding carboxylic acids is 1. The summed E-state index contributed by atoms with van der Waals surface area (Å²) in [6.07, 6.45) is 1.51. The number of para-hydroxylation sites is 1. The lowest BCUT2D eigenvalue weighted by atomic mass is 10.1. The van der Waals surface area contributed by atoms with Gasteiger partial charge in [-0.05, 0) is 61.0 Å². The lowest BCUT2D eigenvalue weighted by molar-refractivity contribution is -0.112. The number of nitrogens with zero attached hydrogens (tertiary/aromatic N) is 1. The Balaban J connectivity index is 1.81. The summed E-state index contributed by atoms with van der Waals surface area (Å²) in [6.45, 7) is 2.52. The van der Waals surface area contributed by atoms with E-state index in [-0.39, 0.29) is 12.2 Å². The van der Waals surface area contributed by atoms with Crippen LogP contribution in [0.25, 0.3) is 6.08 Å². The Morgan fingerprint density at radius 3 is 2.38 bits per heavy atom. The summed E-state index contributed by atoms with van der Waals surface area (Å²) < 4.78 is 22.4. The standard InChI is InChI=1S/C27H26N2O5/c1-4-33-26-15-19(14-20(17-28)27(30)29-22-8-6-5-7-9-22)10-12-25(26)34-18-21-16-23(31-2)11-13-24(21)32-3/h5-16H,4,18H2,1-3H3,(H,29,30)/b20-14+. The van der Waals surface area contributed by atoms with Crippen molar-refractivity contribution in [2.75, 3.05) is 26.1 Å². The molecule has 34 heavy (non-hydrogen) atoms.